The molecular formula is C14H28N2O2S. The van der Waals surface area contributed by atoms with Gasteiger partial charge in [0.15, 0.2) is 9.84 Å². The average molecular weight is 288 g/mol. The minimum Gasteiger partial charge on any atom is -0.329 e. The maximum atomic E-state index is 11.7. The van der Waals surface area contributed by atoms with Crippen LogP contribution >= 0.6 is 0 Å². The Kier molecular flexibility index (Phi) is 4.02. The zero-order chi connectivity index (χ0) is 14.3. The highest BCUT2D eigenvalue weighted by molar-refractivity contribution is 7.91. The molecule has 2 N–H and O–H groups in total. The number of likely N-dealkylation sites (N-methyl/N-ethyl adjacent to an activating group) is 1. The highest BCUT2D eigenvalue weighted by Crippen LogP contribution is 2.47. The van der Waals surface area contributed by atoms with Crippen LogP contribution in [0.1, 0.15) is 46.0 Å². The largest absolute Gasteiger partial charge is 0.329 e. The van der Waals surface area contributed by atoms with E-state index in [1.165, 1.54) is 19.3 Å². The van der Waals surface area contributed by atoms with Crippen molar-refractivity contribution in [1.82, 2.24) is 4.90 Å². The summed E-state index contributed by atoms with van der Waals surface area (Å²) in [5.74, 6) is 0.643. The topological polar surface area (TPSA) is 63.4 Å². The van der Waals surface area contributed by atoms with Crippen LogP contribution in [0.25, 0.3) is 0 Å². The molecule has 0 radical (unpaired) electrons. The summed E-state index contributed by atoms with van der Waals surface area (Å²) in [4.78, 5) is 2.32. The minimum atomic E-state index is -2.83. The van der Waals surface area contributed by atoms with E-state index >= 15 is 0 Å². The van der Waals surface area contributed by atoms with Crippen LogP contribution in [0.15, 0.2) is 0 Å². The van der Waals surface area contributed by atoms with Crippen LogP contribution in [0.4, 0.5) is 0 Å². The summed E-state index contributed by atoms with van der Waals surface area (Å²) in [6, 6.07) is 0.144. The van der Waals surface area contributed by atoms with Gasteiger partial charge in [-0.15, -0.1) is 0 Å². The standard InChI is InChI=1S/C14H28N2O2S/c1-13(2)7-4-5-8-14(13,11-15)16(3)12-6-9-19(17,18)10-12/h12H,4-11,15H2,1-3H3. The lowest BCUT2D eigenvalue weighted by atomic mass is 9.62. The zero-order valence-corrected chi connectivity index (χ0v) is 13.3. The average Bonchev–Trinajstić information content (AvgIpc) is 2.69. The van der Waals surface area contributed by atoms with Crippen LogP contribution in [-0.4, -0.2) is 50.0 Å². The van der Waals surface area contributed by atoms with Crippen LogP contribution in [-0.2, 0) is 9.84 Å². The van der Waals surface area contributed by atoms with Crippen LogP contribution < -0.4 is 5.73 Å². The van der Waals surface area contributed by atoms with Crippen molar-refractivity contribution in [3.8, 4) is 0 Å². The summed E-state index contributed by atoms with van der Waals surface area (Å²) in [5.41, 5.74) is 6.27. The Labute approximate surface area is 117 Å². The summed E-state index contributed by atoms with van der Waals surface area (Å²) in [6.07, 6.45) is 5.48. The summed E-state index contributed by atoms with van der Waals surface area (Å²) in [6.45, 7) is 5.20. The SMILES string of the molecule is CN(C1CCS(=O)(=O)C1)C1(CN)CCCCC1(C)C. The minimum absolute atomic E-state index is 0.0459. The molecular weight excluding hydrogens is 260 g/mol. The summed E-state index contributed by atoms with van der Waals surface area (Å²) in [7, 11) is -0.745. The molecule has 1 aliphatic heterocycles. The van der Waals surface area contributed by atoms with Gasteiger partial charge in [-0.1, -0.05) is 26.7 Å². The molecule has 2 fully saturated rings. The van der Waals surface area contributed by atoms with E-state index < -0.39 is 9.84 Å². The van der Waals surface area contributed by atoms with Crippen molar-refractivity contribution < 1.29 is 8.42 Å². The molecule has 4 nitrogen and oxygen atoms in total. The van der Waals surface area contributed by atoms with Gasteiger partial charge in [-0.3, -0.25) is 4.90 Å². The molecule has 5 heteroatoms. The molecule has 0 amide bonds. The van der Waals surface area contributed by atoms with Gasteiger partial charge in [0.25, 0.3) is 0 Å². The van der Waals surface area contributed by atoms with Crippen molar-refractivity contribution in [2.24, 2.45) is 11.1 Å². The van der Waals surface area contributed by atoms with Gasteiger partial charge in [-0.2, -0.15) is 0 Å². The molecule has 0 bridgehead atoms. The van der Waals surface area contributed by atoms with Crippen LogP contribution in [0.5, 0.6) is 0 Å². The van der Waals surface area contributed by atoms with Crippen molar-refractivity contribution >= 4 is 9.84 Å². The molecule has 0 aromatic rings. The highest BCUT2D eigenvalue weighted by Gasteiger charge is 2.51. The van der Waals surface area contributed by atoms with E-state index in [1.54, 1.807) is 0 Å². The molecule has 2 rings (SSSR count). The van der Waals surface area contributed by atoms with E-state index in [-0.39, 0.29) is 17.0 Å². The van der Waals surface area contributed by atoms with E-state index in [1.807, 2.05) is 0 Å². The Bertz CT molecular complexity index is 433. The third-order valence-electron chi connectivity index (χ3n) is 5.67. The molecule has 2 aliphatic rings. The molecule has 1 aliphatic carbocycles. The first-order valence-electron chi connectivity index (χ1n) is 7.38. The van der Waals surface area contributed by atoms with Crippen LogP contribution in [0.2, 0.25) is 0 Å². The van der Waals surface area contributed by atoms with Crippen LogP contribution in [0.3, 0.4) is 0 Å². The monoisotopic (exact) mass is 288 g/mol. The van der Waals surface area contributed by atoms with Gasteiger partial charge in [0.1, 0.15) is 0 Å². The van der Waals surface area contributed by atoms with E-state index in [0.717, 1.165) is 12.8 Å². The van der Waals surface area contributed by atoms with Gasteiger partial charge in [-0.05, 0) is 31.7 Å². The maximum Gasteiger partial charge on any atom is 0.151 e. The van der Waals surface area contributed by atoms with Crippen molar-refractivity contribution in [3.63, 3.8) is 0 Å². The lowest BCUT2D eigenvalue weighted by molar-refractivity contribution is -0.0467. The van der Waals surface area contributed by atoms with Gasteiger partial charge in [0.2, 0.25) is 0 Å². The van der Waals surface area contributed by atoms with Gasteiger partial charge in [0.05, 0.1) is 11.5 Å². The van der Waals surface area contributed by atoms with Gasteiger partial charge < -0.3 is 5.73 Å². The quantitative estimate of drug-likeness (QED) is 0.853. The van der Waals surface area contributed by atoms with Crippen LogP contribution in [0, 0.1) is 5.41 Å². The molecule has 2 atom stereocenters. The first-order chi connectivity index (χ1) is 8.74. The fourth-order valence-electron chi connectivity index (χ4n) is 4.16. The van der Waals surface area contributed by atoms with Gasteiger partial charge >= 0.3 is 0 Å². The highest BCUT2D eigenvalue weighted by atomic mass is 32.2. The second-order valence-corrected chi connectivity index (χ2v) is 9.22. The lowest BCUT2D eigenvalue weighted by Crippen LogP contribution is -2.65. The number of sulfone groups is 1. The maximum absolute atomic E-state index is 11.7. The number of hydrogen-bond acceptors (Lipinski definition) is 4. The molecule has 1 heterocycles. The Balaban J connectivity index is 2.26. The molecule has 0 aromatic heterocycles. The van der Waals surface area contributed by atoms with Gasteiger partial charge in [0, 0.05) is 18.1 Å². The first-order valence-corrected chi connectivity index (χ1v) is 9.20. The van der Waals surface area contributed by atoms with Crippen molar-refractivity contribution in [1.29, 1.82) is 0 Å². The second-order valence-electron chi connectivity index (χ2n) is 6.99. The number of rotatable bonds is 3. The predicted molar refractivity (Wildman–Crippen MR) is 78.9 cm³/mol. The third kappa shape index (κ3) is 2.57. The second kappa shape index (κ2) is 5.01. The van der Waals surface area contributed by atoms with Gasteiger partial charge in [-0.25, -0.2) is 8.42 Å². The normalized spacial score (nSPS) is 37.6. The Morgan fingerprint density at radius 2 is 1.89 bits per heavy atom. The fourth-order valence-corrected chi connectivity index (χ4v) is 5.94. The number of nitrogens with two attached hydrogens (primary N) is 1. The smallest absolute Gasteiger partial charge is 0.151 e. The van der Waals surface area contributed by atoms with E-state index in [2.05, 4.69) is 25.8 Å². The first kappa shape index (κ1) is 15.3. The summed E-state index contributed by atoms with van der Waals surface area (Å²) in [5, 5.41) is 0. The zero-order valence-electron chi connectivity index (χ0n) is 12.5. The summed E-state index contributed by atoms with van der Waals surface area (Å²) < 4.78 is 23.4. The van der Waals surface area contributed by atoms with Crippen molar-refractivity contribution in [2.75, 3.05) is 25.1 Å². The molecule has 2 unspecified atom stereocenters. The third-order valence-corrected chi connectivity index (χ3v) is 7.42. The van der Waals surface area contributed by atoms with Crippen molar-refractivity contribution in [2.45, 2.75) is 57.5 Å². The lowest BCUT2D eigenvalue weighted by Gasteiger charge is -2.56. The number of hydrogen-bond donors (Lipinski definition) is 1. The van der Waals surface area contributed by atoms with E-state index in [9.17, 15) is 8.42 Å². The molecule has 1 saturated heterocycles. The van der Waals surface area contributed by atoms with E-state index in [0.29, 0.717) is 18.1 Å². The fraction of sp³-hybridized carbons (Fsp3) is 1.00. The Morgan fingerprint density at radius 1 is 1.26 bits per heavy atom. The molecule has 0 aromatic carbocycles. The Morgan fingerprint density at radius 3 is 2.37 bits per heavy atom. The molecule has 1 saturated carbocycles. The van der Waals surface area contributed by atoms with Crippen molar-refractivity contribution in [3.05, 3.63) is 0 Å². The Hall–Kier alpha value is -0.130. The number of nitrogens with zero attached hydrogens (tertiary/aromatic N) is 1. The predicted octanol–water partition coefficient (Wildman–Crippen LogP) is 1.40. The molecule has 112 valence electrons. The molecule has 19 heavy (non-hydrogen) atoms. The molecule has 0 spiro atoms. The van der Waals surface area contributed by atoms with E-state index in [4.69, 9.17) is 5.73 Å². The summed E-state index contributed by atoms with van der Waals surface area (Å²) >= 11 is 0.